The topological polar surface area (TPSA) is 78.7 Å². The fraction of sp³-hybridized carbons (Fsp3) is 1.00. The van der Waals surface area contributed by atoms with Gasteiger partial charge in [-0.3, -0.25) is 14.3 Å². The van der Waals surface area contributed by atoms with Gasteiger partial charge in [0.15, 0.2) is 0 Å². The van der Waals surface area contributed by atoms with Crippen LogP contribution in [0.1, 0.15) is 13.3 Å². The average molecular weight is 181 g/mol. The van der Waals surface area contributed by atoms with Crippen molar-refractivity contribution in [3.63, 3.8) is 0 Å². The molecule has 0 spiro atoms. The van der Waals surface area contributed by atoms with E-state index in [4.69, 9.17) is 0 Å². The average Bonchev–Trinajstić information content (AvgIpc) is 1.86. The summed E-state index contributed by atoms with van der Waals surface area (Å²) in [5, 5.41) is 10.3. The molecule has 0 aliphatic carbocycles. The van der Waals surface area contributed by atoms with Crippen LogP contribution >= 0.6 is 0 Å². The second-order valence-corrected chi connectivity index (χ2v) is 3.10. The lowest BCUT2D eigenvalue weighted by Gasteiger charge is -2.22. The molecule has 0 aromatic carbocycles. The molecule has 2 unspecified atom stereocenters. The molecule has 6 nitrogen and oxygen atoms in total. The molecule has 1 aliphatic heterocycles. The van der Waals surface area contributed by atoms with Crippen molar-refractivity contribution in [2.45, 2.75) is 19.1 Å². The highest BCUT2D eigenvalue weighted by Crippen LogP contribution is 2.22. The first-order chi connectivity index (χ1) is 5.04. The Morgan fingerprint density at radius 1 is 1.73 bits per heavy atom. The molecular weight excluding hydrogens is 174 g/mol. The zero-order chi connectivity index (χ0) is 8.48. The van der Waals surface area contributed by atoms with Crippen molar-refractivity contribution in [2.24, 2.45) is 0 Å². The van der Waals surface area contributed by atoms with E-state index in [0.717, 1.165) is 0 Å². The smallest absolute Gasteiger partial charge is 0.268 e. The molecule has 1 rings (SSSR count). The van der Waals surface area contributed by atoms with E-state index in [9.17, 15) is 14.3 Å². The summed E-state index contributed by atoms with van der Waals surface area (Å²) >= 11 is -1.97. The molecule has 0 amide bonds. The largest absolute Gasteiger partial charge is 0.338 e. The molecule has 0 N–H and O–H groups in total. The highest BCUT2D eigenvalue weighted by molar-refractivity contribution is 7.75. The first-order valence-electron chi connectivity index (χ1n) is 2.94. The molecule has 1 fully saturated rings. The predicted octanol–water partition coefficient (Wildman–Crippen LogP) is -0.00510. The van der Waals surface area contributed by atoms with Crippen LogP contribution in [0, 0.1) is 10.1 Å². The van der Waals surface area contributed by atoms with Gasteiger partial charge in [0.1, 0.15) is 0 Å². The van der Waals surface area contributed by atoms with Gasteiger partial charge >= 0.3 is 17.1 Å². The van der Waals surface area contributed by atoms with Gasteiger partial charge in [-0.1, -0.05) is 0 Å². The Balaban J connectivity index is 2.70. The van der Waals surface area contributed by atoms with Crippen molar-refractivity contribution in [3.05, 3.63) is 10.1 Å². The summed E-state index contributed by atoms with van der Waals surface area (Å²) in [5.41, 5.74) is -1.55. The van der Waals surface area contributed by atoms with E-state index >= 15 is 0 Å². The Labute approximate surface area is 65.5 Å². The first-order valence-corrected chi connectivity index (χ1v) is 3.94. The Kier molecular flexibility index (Phi) is 2.21. The van der Waals surface area contributed by atoms with Crippen LogP contribution in [0.2, 0.25) is 0 Å². The minimum absolute atomic E-state index is 0.0874. The van der Waals surface area contributed by atoms with Crippen LogP contribution in [0.25, 0.3) is 0 Å². The first kappa shape index (κ1) is 8.57. The van der Waals surface area contributed by atoms with Crippen LogP contribution in [-0.4, -0.2) is 21.5 Å². The molecule has 0 bridgehead atoms. The fourth-order valence-electron chi connectivity index (χ4n) is 0.633. The lowest BCUT2D eigenvalue weighted by Crippen LogP contribution is -2.43. The molecule has 1 heterocycles. The molecule has 64 valence electrons. The van der Waals surface area contributed by atoms with Crippen LogP contribution in [0.15, 0.2) is 0 Å². The normalized spacial score (nSPS) is 38.5. The second kappa shape index (κ2) is 2.84. The lowest BCUT2D eigenvalue weighted by atomic mass is 10.2. The van der Waals surface area contributed by atoms with Gasteiger partial charge in [0.25, 0.3) is 0 Å². The summed E-state index contributed by atoms with van der Waals surface area (Å²) in [5.74, 6) is 0. The van der Waals surface area contributed by atoms with Gasteiger partial charge in [0.2, 0.25) is 0 Å². The van der Waals surface area contributed by atoms with Crippen LogP contribution in [-0.2, 0) is 19.7 Å². The van der Waals surface area contributed by atoms with Crippen LogP contribution in [0.4, 0.5) is 0 Å². The van der Waals surface area contributed by atoms with Crippen molar-refractivity contribution in [2.75, 3.05) is 6.61 Å². The van der Waals surface area contributed by atoms with Crippen LogP contribution in [0.5, 0.6) is 0 Å². The van der Waals surface area contributed by atoms with E-state index < -0.39 is 22.0 Å². The number of nitro groups is 1. The Morgan fingerprint density at radius 2 is 2.36 bits per heavy atom. The van der Waals surface area contributed by atoms with E-state index in [-0.39, 0.29) is 13.0 Å². The molecule has 1 saturated heterocycles. The molecule has 0 aromatic heterocycles. The van der Waals surface area contributed by atoms with Crippen molar-refractivity contribution in [1.82, 2.24) is 0 Å². The monoisotopic (exact) mass is 181 g/mol. The number of rotatable bonds is 1. The fourth-order valence-corrected chi connectivity index (χ4v) is 1.34. The maximum absolute atomic E-state index is 10.5. The van der Waals surface area contributed by atoms with E-state index in [1.54, 1.807) is 0 Å². The summed E-state index contributed by atoms with van der Waals surface area (Å²) in [6.45, 7) is 1.36. The maximum Gasteiger partial charge on any atom is 0.338 e. The highest BCUT2D eigenvalue weighted by atomic mass is 32.2. The number of hydrogen-bond donors (Lipinski definition) is 0. The lowest BCUT2D eigenvalue weighted by molar-refractivity contribution is -0.614. The van der Waals surface area contributed by atoms with Crippen LogP contribution < -0.4 is 0 Å². The summed E-state index contributed by atoms with van der Waals surface area (Å²) in [7, 11) is 0. The summed E-state index contributed by atoms with van der Waals surface area (Å²) in [4.78, 5) is 9.71. The van der Waals surface area contributed by atoms with Gasteiger partial charge in [-0.15, -0.1) is 0 Å². The third-order valence-electron chi connectivity index (χ3n) is 1.38. The molecule has 1 aliphatic rings. The maximum atomic E-state index is 10.5. The Morgan fingerprint density at radius 3 is 2.73 bits per heavy atom. The standard InChI is InChI=1S/C4H7NO5S/c1-4(5(6)7)2-3-9-11(8)10-4/h2-3H2,1H3. The van der Waals surface area contributed by atoms with Crippen LogP contribution in [0.3, 0.4) is 0 Å². The molecule has 7 heteroatoms. The molecule has 0 aromatic rings. The van der Waals surface area contributed by atoms with Gasteiger partial charge in [-0.2, -0.15) is 8.39 Å². The quantitative estimate of drug-likeness (QED) is 0.420. The minimum Gasteiger partial charge on any atom is -0.268 e. The predicted molar refractivity (Wildman–Crippen MR) is 35.2 cm³/mol. The van der Waals surface area contributed by atoms with Gasteiger partial charge in [-0.25, -0.2) is 0 Å². The van der Waals surface area contributed by atoms with E-state index in [1.807, 2.05) is 0 Å². The van der Waals surface area contributed by atoms with Gasteiger partial charge in [0, 0.05) is 6.92 Å². The van der Waals surface area contributed by atoms with E-state index in [2.05, 4.69) is 8.37 Å². The molecule has 0 radical (unpaired) electrons. The SMILES string of the molecule is CC1([N+](=O)[O-])CCOS(=O)O1. The number of nitrogens with zero attached hydrogens (tertiary/aromatic N) is 1. The molecule has 2 atom stereocenters. The molecule has 11 heavy (non-hydrogen) atoms. The second-order valence-electron chi connectivity index (χ2n) is 2.29. The molecular formula is C4H7NO5S. The van der Waals surface area contributed by atoms with E-state index in [1.165, 1.54) is 6.92 Å². The van der Waals surface area contributed by atoms with Gasteiger partial charge in [0.05, 0.1) is 18.0 Å². The highest BCUT2D eigenvalue weighted by Gasteiger charge is 2.44. The summed E-state index contributed by atoms with van der Waals surface area (Å²) < 4.78 is 19.5. The van der Waals surface area contributed by atoms with Gasteiger partial charge in [-0.05, 0) is 0 Å². The number of hydrogen-bond acceptors (Lipinski definition) is 5. The van der Waals surface area contributed by atoms with E-state index in [0.29, 0.717) is 0 Å². The Bertz CT molecular complexity index is 207. The Hall–Kier alpha value is -0.530. The summed E-state index contributed by atoms with van der Waals surface area (Å²) in [6.07, 6.45) is 0.117. The van der Waals surface area contributed by atoms with Crippen molar-refractivity contribution >= 4 is 11.4 Å². The van der Waals surface area contributed by atoms with Gasteiger partial charge < -0.3 is 0 Å². The zero-order valence-electron chi connectivity index (χ0n) is 5.81. The third kappa shape index (κ3) is 1.73. The summed E-state index contributed by atoms with van der Waals surface area (Å²) in [6, 6.07) is 0. The van der Waals surface area contributed by atoms with Crippen molar-refractivity contribution in [3.8, 4) is 0 Å². The van der Waals surface area contributed by atoms with Crippen molar-refractivity contribution < 1.29 is 17.5 Å². The zero-order valence-corrected chi connectivity index (χ0v) is 6.63. The molecule has 0 saturated carbocycles. The minimum atomic E-state index is -1.97. The van der Waals surface area contributed by atoms with Crippen molar-refractivity contribution in [1.29, 1.82) is 0 Å². The third-order valence-corrected chi connectivity index (χ3v) is 2.23.